The third-order valence-corrected chi connectivity index (χ3v) is 10.1. The van der Waals surface area contributed by atoms with E-state index < -0.39 is 8.07 Å². The first-order valence-electron chi connectivity index (χ1n) is 6.71. The summed E-state index contributed by atoms with van der Waals surface area (Å²) >= 11 is 0. The summed E-state index contributed by atoms with van der Waals surface area (Å²) in [4.78, 5) is 0. The molecule has 0 heterocycles. The highest BCUT2D eigenvalue weighted by Crippen LogP contribution is 2.35. The van der Waals surface area contributed by atoms with Gasteiger partial charge < -0.3 is 0 Å². The van der Waals surface area contributed by atoms with Gasteiger partial charge in [-0.25, -0.2) is 0 Å². The van der Waals surface area contributed by atoms with Gasteiger partial charge in [-0.1, -0.05) is 75.2 Å². The number of hydrogen-bond acceptors (Lipinski definition) is 0. The topological polar surface area (TPSA) is 0 Å². The smallest absolute Gasteiger partial charge is 0.0751 e. The Kier molecular flexibility index (Phi) is 5.51. The van der Waals surface area contributed by atoms with Crippen molar-refractivity contribution >= 4 is 8.07 Å². The first-order chi connectivity index (χ1) is 8.24. The lowest BCUT2D eigenvalue weighted by atomic mass is 10.1. The van der Waals surface area contributed by atoms with Crippen LogP contribution < -0.4 is 0 Å². The van der Waals surface area contributed by atoms with Crippen molar-refractivity contribution in [3.8, 4) is 11.8 Å². The van der Waals surface area contributed by atoms with Crippen molar-refractivity contribution in [3.05, 3.63) is 35.9 Å². The van der Waals surface area contributed by atoms with E-state index >= 15 is 0 Å². The van der Waals surface area contributed by atoms with Crippen molar-refractivity contribution in [1.82, 2.24) is 0 Å². The molecule has 0 aliphatic carbocycles. The highest BCUT2D eigenvalue weighted by Gasteiger charge is 2.36. The van der Waals surface area contributed by atoms with E-state index in [1.807, 2.05) is 6.92 Å². The molecule has 0 saturated carbocycles. The normalized spacial score (nSPS) is 12.7. The summed E-state index contributed by atoms with van der Waals surface area (Å²) in [5.74, 6) is 6.66. The Morgan fingerprint density at radius 1 is 1.00 bits per heavy atom. The Morgan fingerprint density at radius 3 is 1.94 bits per heavy atom. The summed E-state index contributed by atoms with van der Waals surface area (Å²) in [5, 5.41) is 0. The van der Waals surface area contributed by atoms with E-state index in [1.54, 1.807) is 0 Å². The zero-order valence-corrected chi connectivity index (χ0v) is 12.6. The zero-order chi connectivity index (χ0) is 12.7. The maximum absolute atomic E-state index is 3.50. The summed E-state index contributed by atoms with van der Waals surface area (Å²) in [5.41, 5.74) is 1.94. The lowest BCUT2D eigenvalue weighted by molar-refractivity contribution is 1.04. The van der Waals surface area contributed by atoms with Crippen LogP contribution in [0.25, 0.3) is 0 Å². The Bertz CT molecular complexity index is 371. The second-order valence-electron chi connectivity index (χ2n) is 4.66. The van der Waals surface area contributed by atoms with E-state index in [-0.39, 0.29) is 0 Å². The Morgan fingerprint density at radius 2 is 1.53 bits per heavy atom. The summed E-state index contributed by atoms with van der Waals surface area (Å²) < 4.78 is 0. The minimum Gasteiger partial charge on any atom is -0.106 e. The molecule has 0 saturated heterocycles. The maximum Gasteiger partial charge on any atom is 0.0751 e. The fourth-order valence-corrected chi connectivity index (χ4v) is 6.82. The summed E-state index contributed by atoms with van der Waals surface area (Å²) in [7, 11) is -1.28. The molecule has 92 valence electrons. The third kappa shape index (κ3) is 3.01. The van der Waals surface area contributed by atoms with Gasteiger partial charge in [-0.2, -0.15) is 0 Å². The highest BCUT2D eigenvalue weighted by atomic mass is 28.3. The molecule has 0 spiro atoms. The van der Waals surface area contributed by atoms with Crippen LogP contribution in [0, 0.1) is 11.8 Å². The van der Waals surface area contributed by atoms with Gasteiger partial charge in [0.15, 0.2) is 0 Å². The van der Waals surface area contributed by atoms with Crippen LogP contribution in [0.1, 0.15) is 38.8 Å². The fraction of sp³-hybridized carbons (Fsp3) is 0.500. The highest BCUT2D eigenvalue weighted by molar-refractivity contribution is 6.81. The first kappa shape index (κ1) is 14.1. The molecule has 17 heavy (non-hydrogen) atoms. The van der Waals surface area contributed by atoms with Crippen molar-refractivity contribution in [2.24, 2.45) is 0 Å². The van der Waals surface area contributed by atoms with Crippen LogP contribution in [0.15, 0.2) is 30.3 Å². The Balaban J connectivity index is 3.19. The van der Waals surface area contributed by atoms with E-state index in [0.717, 1.165) is 0 Å². The zero-order valence-electron chi connectivity index (χ0n) is 11.6. The summed E-state index contributed by atoms with van der Waals surface area (Å²) in [6.45, 7) is 9.03. The van der Waals surface area contributed by atoms with Crippen molar-refractivity contribution in [1.29, 1.82) is 0 Å². The van der Waals surface area contributed by atoms with E-state index in [4.69, 9.17) is 0 Å². The van der Waals surface area contributed by atoms with Crippen LogP contribution in [0.4, 0.5) is 0 Å². The van der Waals surface area contributed by atoms with E-state index in [9.17, 15) is 0 Å². The molecule has 0 aromatic heterocycles. The Labute approximate surface area is 107 Å². The molecule has 1 unspecified atom stereocenters. The van der Waals surface area contributed by atoms with Crippen LogP contribution in [0.3, 0.4) is 0 Å². The average molecular weight is 244 g/mol. The van der Waals surface area contributed by atoms with Crippen LogP contribution >= 0.6 is 0 Å². The van der Waals surface area contributed by atoms with Gasteiger partial charge in [-0.3, -0.25) is 0 Å². The molecular weight excluding hydrogens is 220 g/mol. The first-order valence-corrected chi connectivity index (χ1v) is 9.41. The number of rotatable bonds is 5. The molecule has 1 heteroatoms. The molecule has 0 N–H and O–H groups in total. The average Bonchev–Trinajstić information content (AvgIpc) is 2.41. The molecule has 0 amide bonds. The molecule has 1 aromatic rings. The lowest BCUT2D eigenvalue weighted by Crippen LogP contribution is -2.39. The van der Waals surface area contributed by atoms with Crippen molar-refractivity contribution in [2.75, 3.05) is 0 Å². The predicted octanol–water partition coefficient (Wildman–Crippen LogP) is 4.84. The molecule has 0 nitrogen and oxygen atoms in total. The molecule has 0 fully saturated rings. The minimum absolute atomic E-state index is 0.508. The SMILES string of the molecule is CC#CC(c1ccccc1)[Si](CC)(CC)CC. The second-order valence-corrected chi connectivity index (χ2v) is 10.1. The third-order valence-electron chi connectivity index (χ3n) is 4.15. The Hall–Kier alpha value is -1.00. The van der Waals surface area contributed by atoms with Crippen molar-refractivity contribution in [3.63, 3.8) is 0 Å². The van der Waals surface area contributed by atoms with Gasteiger partial charge in [-0.05, 0) is 12.5 Å². The second kappa shape index (κ2) is 6.66. The standard InChI is InChI=1S/C16H24Si/c1-5-12-16(15-13-10-9-11-14-15)17(6-2,7-3)8-4/h9-11,13-14,16H,6-8H2,1-4H3. The van der Waals surface area contributed by atoms with Gasteiger partial charge in [-0.15, -0.1) is 5.92 Å². The summed E-state index contributed by atoms with van der Waals surface area (Å²) in [6, 6.07) is 14.8. The summed E-state index contributed by atoms with van der Waals surface area (Å²) in [6.07, 6.45) is 0. The monoisotopic (exact) mass is 244 g/mol. The van der Waals surface area contributed by atoms with Gasteiger partial charge in [0.2, 0.25) is 0 Å². The van der Waals surface area contributed by atoms with Gasteiger partial charge in [0.1, 0.15) is 0 Å². The van der Waals surface area contributed by atoms with Gasteiger partial charge in [0, 0.05) is 5.54 Å². The largest absolute Gasteiger partial charge is 0.106 e. The molecule has 1 aromatic carbocycles. The quantitative estimate of drug-likeness (QED) is 0.513. The number of hydrogen-bond donors (Lipinski definition) is 0. The molecule has 0 bridgehead atoms. The maximum atomic E-state index is 3.50. The molecule has 1 rings (SSSR count). The van der Waals surface area contributed by atoms with E-state index in [0.29, 0.717) is 5.54 Å². The van der Waals surface area contributed by atoms with Crippen LogP contribution in [-0.4, -0.2) is 8.07 Å². The van der Waals surface area contributed by atoms with Gasteiger partial charge in [0.25, 0.3) is 0 Å². The van der Waals surface area contributed by atoms with E-state index in [2.05, 4.69) is 62.9 Å². The molecule has 0 aliphatic rings. The predicted molar refractivity (Wildman–Crippen MR) is 79.8 cm³/mol. The minimum atomic E-state index is -1.28. The van der Waals surface area contributed by atoms with Crippen molar-refractivity contribution < 1.29 is 0 Å². The van der Waals surface area contributed by atoms with Gasteiger partial charge in [0.05, 0.1) is 8.07 Å². The van der Waals surface area contributed by atoms with Crippen molar-refractivity contribution in [2.45, 2.75) is 51.4 Å². The van der Waals surface area contributed by atoms with Crippen LogP contribution in [-0.2, 0) is 0 Å². The van der Waals surface area contributed by atoms with Crippen LogP contribution in [0.2, 0.25) is 18.1 Å². The van der Waals surface area contributed by atoms with Gasteiger partial charge >= 0.3 is 0 Å². The lowest BCUT2D eigenvalue weighted by Gasteiger charge is -2.34. The number of benzene rings is 1. The molecule has 0 radical (unpaired) electrons. The molecule has 1 atom stereocenters. The van der Waals surface area contributed by atoms with Crippen LogP contribution in [0.5, 0.6) is 0 Å². The van der Waals surface area contributed by atoms with E-state index in [1.165, 1.54) is 23.7 Å². The molecule has 0 aliphatic heterocycles. The fourth-order valence-electron chi connectivity index (χ4n) is 2.74. The molecular formula is C16H24Si.